The number of aromatic nitrogens is 3. The average molecular weight is 420 g/mol. The molecule has 0 aliphatic carbocycles. The molecule has 4 rings (SSSR count). The molecule has 0 amide bonds. The molecule has 0 radical (unpaired) electrons. The topological polar surface area (TPSA) is 46.0 Å². The van der Waals surface area contributed by atoms with Crippen molar-refractivity contribution < 1.29 is 0 Å². The fourth-order valence-corrected chi connectivity index (χ4v) is 4.77. The van der Waals surface area contributed by atoms with Gasteiger partial charge in [-0.1, -0.05) is 25.5 Å². The fourth-order valence-electron chi connectivity index (χ4n) is 4.44. The van der Waals surface area contributed by atoms with E-state index in [0.29, 0.717) is 0 Å². The molecular formula is C24H29N5S. The van der Waals surface area contributed by atoms with Crippen molar-refractivity contribution in [2.45, 2.75) is 52.6 Å². The van der Waals surface area contributed by atoms with Crippen molar-refractivity contribution in [3.63, 3.8) is 0 Å². The Bertz CT molecular complexity index is 1040. The first kappa shape index (κ1) is 20.5. The highest BCUT2D eigenvalue weighted by atomic mass is 32.1. The molecule has 5 nitrogen and oxygen atoms in total. The first-order valence-corrected chi connectivity index (χ1v) is 11.0. The van der Waals surface area contributed by atoms with E-state index in [0.717, 1.165) is 41.6 Å². The maximum Gasteiger partial charge on any atom is 0.170 e. The zero-order valence-corrected chi connectivity index (χ0v) is 18.9. The van der Waals surface area contributed by atoms with Gasteiger partial charge in [0, 0.05) is 30.3 Å². The van der Waals surface area contributed by atoms with Crippen LogP contribution in [0.3, 0.4) is 0 Å². The Balaban J connectivity index is 1.83. The van der Waals surface area contributed by atoms with E-state index in [1.54, 1.807) is 0 Å². The number of thiocarbonyl (C=S) groups is 1. The van der Waals surface area contributed by atoms with Crippen LogP contribution in [0.25, 0.3) is 5.82 Å². The highest BCUT2D eigenvalue weighted by Crippen LogP contribution is 2.41. The van der Waals surface area contributed by atoms with Gasteiger partial charge < -0.3 is 14.8 Å². The summed E-state index contributed by atoms with van der Waals surface area (Å²) >= 11 is 5.77. The Kier molecular flexibility index (Phi) is 5.86. The van der Waals surface area contributed by atoms with Crippen LogP contribution in [0.15, 0.2) is 48.8 Å². The minimum absolute atomic E-state index is 0.0225. The fraction of sp³-hybridized carbons (Fsp3) is 0.375. The number of nitrogens with zero attached hydrogens (tertiary/aromatic N) is 4. The summed E-state index contributed by atoms with van der Waals surface area (Å²) in [4.78, 5) is 11.7. The van der Waals surface area contributed by atoms with Crippen LogP contribution in [0.1, 0.15) is 60.1 Å². The SMILES string of the molecule is CCCCN1C(=S)N[C@@H](c2ccccn2)[C@H]1c1cc(C)n(-c2ncccc2C)c1C. The summed E-state index contributed by atoms with van der Waals surface area (Å²) in [5, 5.41) is 4.36. The Hall–Kier alpha value is -2.73. The quantitative estimate of drug-likeness (QED) is 0.572. The smallest absolute Gasteiger partial charge is 0.170 e. The zero-order chi connectivity index (χ0) is 21.3. The Morgan fingerprint density at radius 1 is 1.07 bits per heavy atom. The number of pyridine rings is 2. The van der Waals surface area contributed by atoms with Gasteiger partial charge in [0.15, 0.2) is 5.11 Å². The Labute approximate surface area is 184 Å². The monoisotopic (exact) mass is 419 g/mol. The lowest BCUT2D eigenvalue weighted by atomic mass is 9.96. The van der Waals surface area contributed by atoms with Crippen LogP contribution in [0.5, 0.6) is 0 Å². The molecule has 3 aromatic rings. The molecule has 2 atom stereocenters. The molecular weight excluding hydrogens is 390 g/mol. The molecule has 1 aliphatic heterocycles. The molecule has 0 bridgehead atoms. The Morgan fingerprint density at radius 2 is 1.87 bits per heavy atom. The van der Waals surface area contributed by atoms with Crippen molar-refractivity contribution in [3.05, 3.63) is 77.0 Å². The van der Waals surface area contributed by atoms with Crippen LogP contribution in [0.2, 0.25) is 0 Å². The molecule has 1 saturated heterocycles. The average Bonchev–Trinajstić information content (AvgIpc) is 3.23. The van der Waals surface area contributed by atoms with E-state index in [9.17, 15) is 0 Å². The van der Waals surface area contributed by atoms with Crippen LogP contribution in [-0.4, -0.2) is 31.1 Å². The number of hydrogen-bond acceptors (Lipinski definition) is 3. The molecule has 0 saturated carbocycles. The van der Waals surface area contributed by atoms with Crippen LogP contribution in [-0.2, 0) is 0 Å². The molecule has 1 fully saturated rings. The van der Waals surface area contributed by atoms with Crippen molar-refractivity contribution >= 4 is 17.3 Å². The minimum atomic E-state index is 0.0225. The number of unbranched alkanes of at least 4 members (excludes halogenated alkanes) is 1. The largest absolute Gasteiger partial charge is 0.352 e. The first-order chi connectivity index (χ1) is 14.5. The van der Waals surface area contributed by atoms with Crippen molar-refractivity contribution in [1.29, 1.82) is 0 Å². The van der Waals surface area contributed by atoms with Gasteiger partial charge in [-0.3, -0.25) is 4.98 Å². The zero-order valence-electron chi connectivity index (χ0n) is 18.1. The molecule has 1 N–H and O–H groups in total. The number of rotatable bonds is 6. The third-order valence-corrected chi connectivity index (χ3v) is 6.29. The third kappa shape index (κ3) is 3.60. The van der Waals surface area contributed by atoms with E-state index in [-0.39, 0.29) is 12.1 Å². The van der Waals surface area contributed by atoms with Crippen molar-refractivity contribution in [2.75, 3.05) is 6.54 Å². The number of aryl methyl sites for hydroxylation is 2. The van der Waals surface area contributed by atoms with E-state index in [4.69, 9.17) is 12.2 Å². The van der Waals surface area contributed by atoms with Crippen molar-refractivity contribution in [1.82, 2.24) is 24.8 Å². The normalized spacial score (nSPS) is 18.7. The van der Waals surface area contributed by atoms with Gasteiger partial charge in [0.2, 0.25) is 0 Å². The van der Waals surface area contributed by atoms with E-state index in [1.165, 1.54) is 17.0 Å². The summed E-state index contributed by atoms with van der Waals surface area (Å²) in [5.41, 5.74) is 5.83. The van der Waals surface area contributed by atoms with Crippen molar-refractivity contribution in [3.8, 4) is 5.82 Å². The van der Waals surface area contributed by atoms with Crippen LogP contribution < -0.4 is 5.32 Å². The molecule has 0 aromatic carbocycles. The summed E-state index contributed by atoms with van der Waals surface area (Å²) in [6, 6.07) is 12.6. The molecule has 6 heteroatoms. The van der Waals surface area contributed by atoms with Crippen LogP contribution >= 0.6 is 12.2 Å². The van der Waals surface area contributed by atoms with Crippen LogP contribution in [0, 0.1) is 20.8 Å². The third-order valence-electron chi connectivity index (χ3n) is 5.93. The highest BCUT2D eigenvalue weighted by molar-refractivity contribution is 7.80. The van der Waals surface area contributed by atoms with Gasteiger partial charge in [0.25, 0.3) is 0 Å². The van der Waals surface area contributed by atoms with E-state index >= 15 is 0 Å². The van der Waals surface area contributed by atoms with Gasteiger partial charge in [-0.25, -0.2) is 4.98 Å². The Morgan fingerprint density at radius 3 is 2.57 bits per heavy atom. The lowest BCUT2D eigenvalue weighted by Gasteiger charge is -2.28. The summed E-state index contributed by atoms with van der Waals surface area (Å²) in [6.07, 6.45) is 5.95. The standard InChI is InChI=1S/C24H29N5S/c1-5-6-14-28-22(21(27-24(28)30)20-11-7-8-12-25-20)19-15-17(3)29(18(19)4)23-16(2)10-9-13-26-23/h7-13,15,21-22H,5-6,14H2,1-4H3,(H,27,30)/t21-,22+/m0/s1. The molecule has 0 spiro atoms. The van der Waals surface area contributed by atoms with Gasteiger partial charge in [-0.2, -0.15) is 0 Å². The predicted octanol–water partition coefficient (Wildman–Crippen LogP) is 4.97. The highest BCUT2D eigenvalue weighted by Gasteiger charge is 2.41. The van der Waals surface area contributed by atoms with E-state index in [2.05, 4.69) is 70.6 Å². The molecule has 4 heterocycles. The molecule has 156 valence electrons. The molecule has 3 aromatic heterocycles. The lowest BCUT2D eigenvalue weighted by Crippen LogP contribution is -2.30. The van der Waals surface area contributed by atoms with Gasteiger partial charge >= 0.3 is 0 Å². The summed E-state index contributed by atoms with van der Waals surface area (Å²) in [5.74, 6) is 0.988. The molecule has 1 aliphatic rings. The lowest BCUT2D eigenvalue weighted by molar-refractivity contribution is 0.312. The second kappa shape index (κ2) is 8.56. The maximum atomic E-state index is 5.77. The van der Waals surface area contributed by atoms with E-state index < -0.39 is 0 Å². The van der Waals surface area contributed by atoms with Gasteiger partial charge in [0.05, 0.1) is 17.8 Å². The second-order valence-electron chi connectivity index (χ2n) is 7.98. The van der Waals surface area contributed by atoms with Gasteiger partial charge in [-0.15, -0.1) is 0 Å². The van der Waals surface area contributed by atoms with Gasteiger partial charge in [-0.05, 0) is 74.8 Å². The van der Waals surface area contributed by atoms with E-state index in [1.807, 2.05) is 30.6 Å². The van der Waals surface area contributed by atoms with Crippen LogP contribution in [0.4, 0.5) is 0 Å². The predicted molar refractivity (Wildman–Crippen MR) is 125 cm³/mol. The summed E-state index contributed by atoms with van der Waals surface area (Å²) in [7, 11) is 0. The van der Waals surface area contributed by atoms with Crippen molar-refractivity contribution in [2.24, 2.45) is 0 Å². The number of nitrogens with one attached hydrogen (secondary N) is 1. The summed E-state index contributed by atoms with van der Waals surface area (Å²) < 4.78 is 2.26. The minimum Gasteiger partial charge on any atom is -0.352 e. The second-order valence-corrected chi connectivity index (χ2v) is 8.37. The number of hydrogen-bond donors (Lipinski definition) is 1. The van der Waals surface area contributed by atoms with Gasteiger partial charge in [0.1, 0.15) is 5.82 Å². The molecule has 0 unspecified atom stereocenters. The maximum absolute atomic E-state index is 5.77. The molecule has 30 heavy (non-hydrogen) atoms. The first-order valence-electron chi connectivity index (χ1n) is 10.6. The summed E-state index contributed by atoms with van der Waals surface area (Å²) in [6.45, 7) is 9.59.